The molecule has 0 aliphatic carbocycles. The molecule has 0 unspecified atom stereocenters. The molecule has 0 fully saturated rings. The van der Waals surface area contributed by atoms with Crippen molar-refractivity contribution in [3.8, 4) is 0 Å². The number of carbonyl (C=O) groups excluding carboxylic acids is 1. The van der Waals surface area contributed by atoms with Crippen LogP contribution < -0.4 is 0 Å². The summed E-state index contributed by atoms with van der Waals surface area (Å²) in [6.45, 7) is 1.79. The smallest absolute Gasteiger partial charge is 0.268 e. The van der Waals surface area contributed by atoms with Crippen molar-refractivity contribution in [3.05, 3.63) is 11.8 Å². The minimum atomic E-state index is -0.818. The predicted molar refractivity (Wildman–Crippen MR) is 44.2 cm³/mol. The first kappa shape index (κ1) is 8.07. The molecule has 0 atom stereocenters. The lowest BCUT2D eigenvalue weighted by Crippen LogP contribution is -2.25. The van der Waals surface area contributed by atoms with Crippen LogP contribution in [0.1, 0.15) is 6.92 Å². The van der Waals surface area contributed by atoms with E-state index in [0.717, 1.165) is 5.57 Å². The summed E-state index contributed by atoms with van der Waals surface area (Å²) in [5, 5.41) is 6.84. The highest BCUT2D eigenvalue weighted by molar-refractivity contribution is 9.26. The number of carbonyl (C=O) groups is 1. The molecule has 0 aromatic heterocycles. The Morgan fingerprint density at radius 2 is 2.20 bits per heavy atom. The SMILES string of the molecule is CC1=CN=NC(=O)C1(Br)Br. The molecule has 0 aromatic rings. The van der Waals surface area contributed by atoms with Crippen LogP contribution >= 0.6 is 31.9 Å². The first-order valence-corrected chi connectivity index (χ1v) is 4.14. The highest BCUT2D eigenvalue weighted by Crippen LogP contribution is 2.37. The molecule has 0 aromatic carbocycles. The van der Waals surface area contributed by atoms with Crippen molar-refractivity contribution < 1.29 is 4.79 Å². The standard InChI is InChI=1S/C5H4Br2N2O/c1-3-2-8-9-4(10)5(3,6)7/h2H,1H3. The molecular weight excluding hydrogens is 264 g/mol. The van der Waals surface area contributed by atoms with Crippen molar-refractivity contribution in [1.82, 2.24) is 0 Å². The van der Waals surface area contributed by atoms with Crippen LogP contribution in [0.25, 0.3) is 0 Å². The van der Waals surface area contributed by atoms with Crippen LogP contribution in [0.4, 0.5) is 0 Å². The van der Waals surface area contributed by atoms with Crippen molar-refractivity contribution in [3.63, 3.8) is 0 Å². The summed E-state index contributed by atoms with van der Waals surface area (Å²) in [7, 11) is 0. The Labute approximate surface area is 74.8 Å². The van der Waals surface area contributed by atoms with Gasteiger partial charge in [-0.3, -0.25) is 4.79 Å². The fraction of sp³-hybridized carbons (Fsp3) is 0.400. The largest absolute Gasteiger partial charge is 0.296 e. The van der Waals surface area contributed by atoms with Gasteiger partial charge in [0.05, 0.1) is 6.20 Å². The molecule has 1 amide bonds. The first-order valence-electron chi connectivity index (χ1n) is 2.55. The van der Waals surface area contributed by atoms with Gasteiger partial charge in [0.1, 0.15) is 0 Å². The molecule has 10 heavy (non-hydrogen) atoms. The molecule has 0 saturated heterocycles. The third-order valence-electron chi connectivity index (χ3n) is 1.16. The maximum atomic E-state index is 10.9. The molecule has 54 valence electrons. The third kappa shape index (κ3) is 1.20. The Morgan fingerprint density at radius 1 is 1.60 bits per heavy atom. The lowest BCUT2D eigenvalue weighted by molar-refractivity contribution is -0.117. The van der Waals surface area contributed by atoms with Crippen LogP contribution in [-0.2, 0) is 4.79 Å². The van der Waals surface area contributed by atoms with Gasteiger partial charge in [-0.2, -0.15) is 5.11 Å². The second kappa shape index (κ2) is 2.54. The molecule has 1 rings (SSSR count). The topological polar surface area (TPSA) is 41.8 Å². The molecule has 0 spiro atoms. The molecule has 0 radical (unpaired) electrons. The minimum Gasteiger partial charge on any atom is -0.268 e. The van der Waals surface area contributed by atoms with Crippen LogP contribution in [0.15, 0.2) is 22.0 Å². The molecule has 0 N–H and O–H groups in total. The average Bonchev–Trinajstić information content (AvgIpc) is 1.84. The van der Waals surface area contributed by atoms with Gasteiger partial charge in [0.2, 0.25) is 0 Å². The lowest BCUT2D eigenvalue weighted by Gasteiger charge is -2.17. The zero-order valence-electron chi connectivity index (χ0n) is 5.14. The third-order valence-corrected chi connectivity index (χ3v) is 3.09. The Balaban J connectivity index is 3.05. The fourth-order valence-electron chi connectivity index (χ4n) is 0.480. The van der Waals surface area contributed by atoms with E-state index in [0.29, 0.717) is 0 Å². The highest BCUT2D eigenvalue weighted by atomic mass is 79.9. The number of rotatable bonds is 0. The number of amides is 1. The maximum Gasteiger partial charge on any atom is 0.296 e. The van der Waals surface area contributed by atoms with E-state index in [4.69, 9.17) is 0 Å². The van der Waals surface area contributed by atoms with E-state index >= 15 is 0 Å². The highest BCUT2D eigenvalue weighted by Gasteiger charge is 2.36. The van der Waals surface area contributed by atoms with Crippen molar-refractivity contribution in [2.24, 2.45) is 10.2 Å². The molecule has 0 bridgehead atoms. The van der Waals surface area contributed by atoms with Crippen molar-refractivity contribution in [2.75, 3.05) is 0 Å². The van der Waals surface area contributed by atoms with E-state index in [9.17, 15) is 4.79 Å². The quantitative estimate of drug-likeness (QED) is 0.622. The zero-order chi connectivity index (χ0) is 7.78. The average molecular weight is 268 g/mol. The van der Waals surface area contributed by atoms with E-state index in [-0.39, 0.29) is 5.91 Å². The Morgan fingerprint density at radius 3 is 2.60 bits per heavy atom. The molecular formula is C5H4Br2N2O. The summed E-state index contributed by atoms with van der Waals surface area (Å²) in [5.74, 6) is -0.326. The van der Waals surface area contributed by atoms with E-state index in [1.165, 1.54) is 6.20 Å². The molecule has 0 saturated carbocycles. The van der Waals surface area contributed by atoms with Gasteiger partial charge in [-0.25, -0.2) is 0 Å². The Kier molecular flexibility index (Phi) is 2.05. The maximum absolute atomic E-state index is 10.9. The van der Waals surface area contributed by atoms with Gasteiger partial charge in [0.25, 0.3) is 5.91 Å². The van der Waals surface area contributed by atoms with E-state index < -0.39 is 3.23 Å². The second-order valence-corrected chi connectivity index (χ2v) is 5.35. The van der Waals surface area contributed by atoms with Crippen molar-refractivity contribution in [1.29, 1.82) is 0 Å². The van der Waals surface area contributed by atoms with Crippen LogP contribution in [0.3, 0.4) is 0 Å². The Hall–Kier alpha value is -0.0300. The molecule has 1 aliphatic rings. The monoisotopic (exact) mass is 266 g/mol. The summed E-state index contributed by atoms with van der Waals surface area (Å²) in [5.41, 5.74) is 0.799. The van der Waals surface area contributed by atoms with Gasteiger partial charge in [-0.05, 0) is 12.5 Å². The van der Waals surface area contributed by atoms with Crippen LogP contribution in [0.5, 0.6) is 0 Å². The van der Waals surface area contributed by atoms with Gasteiger partial charge < -0.3 is 0 Å². The van der Waals surface area contributed by atoms with Gasteiger partial charge in [0.15, 0.2) is 3.23 Å². The number of alkyl halides is 2. The van der Waals surface area contributed by atoms with Gasteiger partial charge >= 0.3 is 0 Å². The first-order chi connectivity index (χ1) is 4.55. The van der Waals surface area contributed by atoms with Crippen LogP contribution in [-0.4, -0.2) is 9.14 Å². The molecule has 1 aliphatic heterocycles. The number of nitrogens with zero attached hydrogens (tertiary/aromatic N) is 2. The molecule has 1 heterocycles. The minimum absolute atomic E-state index is 0.326. The number of hydrogen-bond acceptors (Lipinski definition) is 2. The Bertz CT molecular complexity index is 232. The number of halogens is 2. The van der Waals surface area contributed by atoms with E-state index in [1.807, 2.05) is 0 Å². The van der Waals surface area contributed by atoms with Crippen LogP contribution in [0, 0.1) is 0 Å². The number of hydrogen-bond donors (Lipinski definition) is 0. The summed E-state index contributed by atoms with van der Waals surface area (Å²) >= 11 is 6.34. The van der Waals surface area contributed by atoms with E-state index in [2.05, 4.69) is 42.1 Å². The van der Waals surface area contributed by atoms with Gasteiger partial charge in [-0.15, -0.1) is 5.11 Å². The van der Waals surface area contributed by atoms with Crippen molar-refractivity contribution >= 4 is 37.8 Å². The summed E-state index contributed by atoms with van der Waals surface area (Å²) in [6, 6.07) is 0. The lowest BCUT2D eigenvalue weighted by atomic mass is 10.2. The van der Waals surface area contributed by atoms with Gasteiger partial charge in [-0.1, -0.05) is 31.9 Å². The van der Waals surface area contributed by atoms with Crippen molar-refractivity contribution in [2.45, 2.75) is 10.2 Å². The fourth-order valence-corrected chi connectivity index (χ4v) is 0.844. The zero-order valence-corrected chi connectivity index (χ0v) is 8.31. The second-order valence-electron chi connectivity index (χ2n) is 1.91. The molecule has 3 nitrogen and oxygen atoms in total. The molecule has 5 heteroatoms. The normalized spacial score (nSPS) is 22.7. The van der Waals surface area contributed by atoms with Crippen LogP contribution in [0.2, 0.25) is 0 Å². The van der Waals surface area contributed by atoms with Gasteiger partial charge in [0, 0.05) is 0 Å². The summed E-state index contributed by atoms with van der Waals surface area (Å²) in [6.07, 6.45) is 1.53. The summed E-state index contributed by atoms with van der Waals surface area (Å²) in [4.78, 5) is 10.9. The summed E-state index contributed by atoms with van der Waals surface area (Å²) < 4.78 is -0.818. The predicted octanol–water partition coefficient (Wildman–Crippen LogP) is 2.37. The van der Waals surface area contributed by atoms with E-state index in [1.54, 1.807) is 6.92 Å². The number of azo groups is 1.